The van der Waals surface area contributed by atoms with Crippen LogP contribution in [-0.4, -0.2) is 263 Å². The van der Waals surface area contributed by atoms with Crippen molar-refractivity contribution in [2.45, 2.75) is 272 Å². The van der Waals surface area contributed by atoms with Gasteiger partial charge in [-0.1, -0.05) is 58.0 Å². The highest BCUT2D eigenvalue weighted by Crippen LogP contribution is 2.39. The van der Waals surface area contributed by atoms with Gasteiger partial charge in [0.05, 0.1) is 29.0 Å². The number of hydrogen-bond acceptors (Lipinski definition) is 23. The molecule has 17 amide bonds. The molecule has 18 N–H and O–H groups in total. The summed E-state index contributed by atoms with van der Waals surface area (Å²) in [7, 11) is 0. The van der Waals surface area contributed by atoms with E-state index in [0.717, 1.165) is 45.1 Å². The number of nitrogens with zero attached hydrogens (tertiary/aromatic N) is 2. The number of anilines is 1. The monoisotopic (exact) mass is 1790 g/mol. The Hall–Kier alpha value is -12.0. The molecule has 0 spiro atoms. The number of urea groups is 1. The van der Waals surface area contributed by atoms with E-state index in [9.17, 15) is 67.7 Å². The van der Waals surface area contributed by atoms with Crippen LogP contribution in [0.4, 0.5) is 34.1 Å². The molecule has 1 saturated heterocycles. The highest BCUT2D eigenvalue weighted by atomic mass is 19.1. The number of imide groups is 1. The van der Waals surface area contributed by atoms with Crippen LogP contribution in [0.25, 0.3) is 11.6 Å². The highest BCUT2D eigenvalue weighted by molar-refractivity contribution is 6.42. The molecular weight excluding hydrogens is 1660 g/mol. The Balaban J connectivity index is 1.66. The van der Waals surface area contributed by atoms with Crippen LogP contribution in [0.5, 0.6) is 0 Å². The van der Waals surface area contributed by atoms with Gasteiger partial charge in [-0.05, 0) is 204 Å². The highest BCUT2D eigenvalue weighted by Gasteiger charge is 2.43. The number of carbonyl (C=O) groups is 16. The van der Waals surface area contributed by atoms with Gasteiger partial charge in [0.1, 0.15) is 82.6 Å². The number of halogens is 1. The summed E-state index contributed by atoms with van der Waals surface area (Å²) in [5.74, 6) is -13.1. The van der Waals surface area contributed by atoms with Gasteiger partial charge in [-0.3, -0.25) is 52.7 Å². The number of aromatic nitrogens is 1. The van der Waals surface area contributed by atoms with Crippen molar-refractivity contribution in [2.75, 3.05) is 63.8 Å². The molecule has 3 heterocycles. The fraction of sp³-hybridized carbons (Fsp3) is 0.605. The van der Waals surface area contributed by atoms with Crippen LogP contribution in [0.1, 0.15) is 202 Å². The van der Waals surface area contributed by atoms with Crippen molar-refractivity contribution >= 4 is 113 Å². The van der Waals surface area contributed by atoms with Crippen molar-refractivity contribution in [3.8, 4) is 0 Å². The second-order valence-electron chi connectivity index (χ2n) is 35.4. The number of alkyl carbamates (subject to hydrolysis) is 4. The number of nitrogens with one attached hydrogen (secondary N) is 16. The summed E-state index contributed by atoms with van der Waals surface area (Å²) >= 11 is 0. The first-order valence-electron chi connectivity index (χ1n) is 42.5. The molecule has 0 unspecified atom stereocenters. The minimum absolute atomic E-state index is 0.0912. The predicted octanol–water partition coefficient (Wildman–Crippen LogP) is 2.92. The number of rotatable bonds is 30. The van der Waals surface area contributed by atoms with E-state index < -0.39 is 254 Å². The molecule has 2 aliphatic heterocycles. The van der Waals surface area contributed by atoms with Crippen molar-refractivity contribution in [3.63, 3.8) is 0 Å². The second kappa shape index (κ2) is 48.1. The second-order valence-corrected chi connectivity index (χ2v) is 35.4. The molecule has 1 fully saturated rings. The molecule has 0 aliphatic carbocycles. The van der Waals surface area contributed by atoms with Gasteiger partial charge in [0.15, 0.2) is 0 Å². The van der Waals surface area contributed by atoms with Crippen LogP contribution in [0.3, 0.4) is 0 Å². The van der Waals surface area contributed by atoms with Crippen LogP contribution in [-0.2, 0) is 73.3 Å². The largest absolute Gasteiger partial charge is 0.444 e. The lowest BCUT2D eigenvalue weighted by molar-refractivity contribution is -0.136. The molecule has 0 saturated carbocycles. The number of H-pyrrole nitrogens is 1. The van der Waals surface area contributed by atoms with E-state index in [0.29, 0.717) is 34.8 Å². The minimum atomic E-state index is -2.09. The molecule has 0 radical (unpaired) electrons. The van der Waals surface area contributed by atoms with E-state index in [4.69, 9.17) is 18.9 Å². The number of aliphatic hydroxyl groups is 2. The SMILES string of the molecule is CCN(CC)CCNC(=O)c1c(C)[nH]c(/C=C2\C(=O)N(C(=O)N[C@H](C(=O)N[C@@H](CCNC(=O)OC(C)(C)C)C(=O)N[C@H]3CCNC(=O)[C@H]([C@@H](C)O)NC(=O)[C@H](CCNC(=O)OC(C)(C)C)NC(=O)[C@H](CCNC(=O)OC(C)(C)C)NC(=O)[C@H](CC(C)C)NC(=O)[C@@H](Cc4ccccc4)NC(=O)[C@H](CCNC(=O)OC(C)(C)C)NC3=O)[C@H](C)O)c3ccc(F)cc32)c1C. The summed E-state index contributed by atoms with van der Waals surface area (Å²) < 4.78 is 37.0. The van der Waals surface area contributed by atoms with E-state index >= 15 is 23.6 Å². The smallest absolute Gasteiger partial charge is 0.407 e. The summed E-state index contributed by atoms with van der Waals surface area (Å²) in [6, 6.07) is -6.53. The Morgan fingerprint density at radius 3 is 1.51 bits per heavy atom. The maximum absolute atomic E-state index is 15.5. The molecule has 2 aromatic carbocycles. The van der Waals surface area contributed by atoms with Crippen LogP contribution in [0, 0.1) is 25.6 Å². The number of amides is 17. The Morgan fingerprint density at radius 1 is 0.567 bits per heavy atom. The quantitative estimate of drug-likeness (QED) is 0.0337. The topological polar surface area (TPSA) is 553 Å². The van der Waals surface area contributed by atoms with Crippen molar-refractivity contribution < 1.29 is 110 Å². The lowest BCUT2D eigenvalue weighted by Gasteiger charge is -2.29. The van der Waals surface area contributed by atoms with Gasteiger partial charge in [-0.25, -0.2) is 33.3 Å². The Bertz CT molecular complexity index is 4410. The van der Waals surface area contributed by atoms with Gasteiger partial charge in [0.2, 0.25) is 53.2 Å². The average molecular weight is 1790 g/mol. The van der Waals surface area contributed by atoms with E-state index in [-0.39, 0.29) is 47.5 Å². The molecular formula is C86H131FN18O22. The predicted molar refractivity (Wildman–Crippen MR) is 466 cm³/mol. The molecule has 127 heavy (non-hydrogen) atoms. The van der Waals surface area contributed by atoms with Crippen molar-refractivity contribution in [1.29, 1.82) is 0 Å². The minimum Gasteiger partial charge on any atom is -0.444 e. The maximum atomic E-state index is 15.5. The number of likely N-dealkylation sites (N-methyl/N-ethyl adjacent to an activating group) is 1. The molecule has 3 aromatic rings. The van der Waals surface area contributed by atoms with Crippen LogP contribution >= 0.6 is 0 Å². The average Bonchev–Trinajstić information content (AvgIpc) is 1.60. The standard InChI is InChI=1S/C86H131FN18O22/c1-21-104(22-2)41-40-89-74(115)64-47(5)60(94-48(64)6)45-54-53-44-52(87)28-29-63(53)105(77(54)118)78(119)103-66(50(8)107)76(117)99-58(33-38-92-81(122)126-85(15,16)17)69(110)95-55-30-35-88-75(116)65(49(7)106)102-71(112)59(34-39-93-82(123)127-86(18,19)20)97-68(109)56(31-36-90-79(120)124-83(9,10)11)98-72(113)61(42-46(3)4)100-73(114)62(43-51-26-24-23-25-27-51)101-70(111)57(96-67(55)108)32-37-91-80(121)125-84(12,13)14/h23-29,44-46,49-50,55-59,61-62,65-66,94,106-107H,21-22,30-43H2,1-20H3,(H,88,116)(H,89,115)(H,90,120)(H,91,121)(H,92,122)(H,93,123)(H,95,110)(H,96,108)(H,97,109)(H,98,113)(H,99,117)(H,100,114)(H,101,111)(H,102,112)(H,103,119)/b54-45-/t49-,50+,55+,56+,57+,58+,59+,61+,62-,65+,66+/m1/s1. The third-order valence-electron chi connectivity index (χ3n) is 19.4. The van der Waals surface area contributed by atoms with E-state index in [1.54, 1.807) is 141 Å². The number of carbonyl (C=O) groups excluding carboxylic acids is 16. The van der Waals surface area contributed by atoms with Crippen LogP contribution in [0.2, 0.25) is 0 Å². The van der Waals surface area contributed by atoms with Crippen LogP contribution in [0.15, 0.2) is 48.5 Å². The van der Waals surface area contributed by atoms with Crippen molar-refractivity contribution in [3.05, 3.63) is 88.0 Å². The Labute approximate surface area is 739 Å². The van der Waals surface area contributed by atoms with Crippen molar-refractivity contribution in [1.82, 2.24) is 89.6 Å². The fourth-order valence-electron chi connectivity index (χ4n) is 13.2. The third-order valence-corrected chi connectivity index (χ3v) is 19.4. The van der Waals surface area contributed by atoms with Gasteiger partial charge >= 0.3 is 30.4 Å². The zero-order valence-corrected chi connectivity index (χ0v) is 76.3. The lowest BCUT2D eigenvalue weighted by atomic mass is 10.00. The fourth-order valence-corrected chi connectivity index (χ4v) is 13.2. The first-order chi connectivity index (χ1) is 59.2. The van der Waals surface area contributed by atoms with Crippen LogP contribution < -0.4 is 84.7 Å². The number of aryl methyl sites for hydroxylation is 1. The number of aromatic amines is 1. The summed E-state index contributed by atoms with van der Waals surface area (Å²) in [5.41, 5.74) is -2.82. The molecule has 40 nitrogen and oxygen atoms in total. The van der Waals surface area contributed by atoms with Gasteiger partial charge in [-0.15, -0.1) is 0 Å². The van der Waals surface area contributed by atoms with E-state index in [2.05, 4.69) is 89.6 Å². The summed E-state index contributed by atoms with van der Waals surface area (Å²) in [6.07, 6.45) is -9.37. The maximum Gasteiger partial charge on any atom is 0.407 e. The number of hydrogen-bond donors (Lipinski definition) is 18. The summed E-state index contributed by atoms with van der Waals surface area (Å²) in [5, 5.41) is 60.9. The van der Waals surface area contributed by atoms with E-state index in [1.165, 1.54) is 6.08 Å². The third kappa shape index (κ3) is 35.4. The molecule has 5 rings (SSSR count). The molecule has 2 aliphatic rings. The Morgan fingerprint density at radius 2 is 1.03 bits per heavy atom. The van der Waals surface area contributed by atoms with E-state index in [1.807, 2.05) is 13.8 Å². The summed E-state index contributed by atoms with van der Waals surface area (Å²) in [6.45, 7) is 31.8. The summed E-state index contributed by atoms with van der Waals surface area (Å²) in [4.78, 5) is 237. The number of benzene rings is 2. The Kier molecular flexibility index (Phi) is 39.9. The number of fused-ring (bicyclic) bond motifs is 1. The van der Waals surface area contributed by atoms with Gasteiger partial charge in [-0.2, -0.15) is 0 Å². The molecule has 704 valence electrons. The zero-order chi connectivity index (χ0) is 95.3. The van der Waals surface area contributed by atoms with Gasteiger partial charge in [0, 0.05) is 69.2 Å². The lowest BCUT2D eigenvalue weighted by Crippen LogP contribution is -2.62. The molecule has 11 atom stereocenters. The molecule has 41 heteroatoms. The van der Waals surface area contributed by atoms with Gasteiger partial charge in [0.25, 0.3) is 11.8 Å². The van der Waals surface area contributed by atoms with Crippen molar-refractivity contribution in [2.24, 2.45) is 5.92 Å². The normalized spacial score (nSPS) is 19.8. The zero-order valence-electron chi connectivity index (χ0n) is 76.3. The number of aliphatic hydroxyl groups excluding tert-OH is 2. The first-order valence-corrected chi connectivity index (χ1v) is 42.5. The number of ether oxygens (including phenoxy) is 4. The molecule has 0 bridgehead atoms. The molecule has 1 aromatic heterocycles. The first kappa shape index (κ1) is 106. The van der Waals surface area contributed by atoms with Gasteiger partial charge < -0.3 is 119 Å².